The number of carbonyl (C=O) groups excluding carboxylic acids is 3. The van der Waals surface area contributed by atoms with Gasteiger partial charge in [-0.25, -0.2) is 4.79 Å². The van der Waals surface area contributed by atoms with Crippen LogP contribution >= 0.6 is 0 Å². The van der Waals surface area contributed by atoms with Crippen LogP contribution in [0.3, 0.4) is 0 Å². The van der Waals surface area contributed by atoms with Crippen molar-refractivity contribution in [1.29, 1.82) is 0 Å². The highest BCUT2D eigenvalue weighted by Gasteiger charge is 2.37. The van der Waals surface area contributed by atoms with Crippen LogP contribution in [0.4, 0.5) is 4.79 Å². The number of aliphatic carboxylic acids is 1. The van der Waals surface area contributed by atoms with Crippen LogP contribution in [0.25, 0.3) is 0 Å². The molecular formula is C20H26N2O7. The van der Waals surface area contributed by atoms with Crippen molar-refractivity contribution in [2.75, 3.05) is 13.2 Å². The van der Waals surface area contributed by atoms with Gasteiger partial charge in [-0.15, -0.1) is 0 Å². The number of ether oxygens (including phenoxy) is 2. The van der Waals surface area contributed by atoms with Crippen molar-refractivity contribution < 1.29 is 33.8 Å². The number of carboxylic acid groups (broad SMARTS) is 1. The maximum Gasteiger partial charge on any atom is 0.408 e. The zero-order valence-corrected chi connectivity index (χ0v) is 16.3. The molecule has 0 aromatic heterocycles. The van der Waals surface area contributed by atoms with Crippen molar-refractivity contribution in [3.8, 4) is 0 Å². The highest BCUT2D eigenvalue weighted by atomic mass is 16.5. The van der Waals surface area contributed by atoms with Crippen LogP contribution in [0.15, 0.2) is 30.3 Å². The fraction of sp³-hybridized carbons (Fsp3) is 0.500. The van der Waals surface area contributed by atoms with Crippen molar-refractivity contribution in [3.63, 3.8) is 0 Å². The van der Waals surface area contributed by atoms with Crippen molar-refractivity contribution in [2.24, 2.45) is 0 Å². The van der Waals surface area contributed by atoms with Crippen LogP contribution in [0.5, 0.6) is 0 Å². The lowest BCUT2D eigenvalue weighted by Gasteiger charge is -2.27. The van der Waals surface area contributed by atoms with E-state index in [1.807, 2.05) is 6.07 Å². The summed E-state index contributed by atoms with van der Waals surface area (Å²) < 4.78 is 9.96. The van der Waals surface area contributed by atoms with E-state index in [9.17, 15) is 19.2 Å². The van der Waals surface area contributed by atoms with Crippen molar-refractivity contribution in [3.05, 3.63) is 35.9 Å². The number of esters is 1. The van der Waals surface area contributed by atoms with E-state index < -0.39 is 36.4 Å². The maximum absolute atomic E-state index is 12.9. The van der Waals surface area contributed by atoms with Gasteiger partial charge in [-0.05, 0) is 25.3 Å². The Morgan fingerprint density at radius 1 is 1.17 bits per heavy atom. The second kappa shape index (κ2) is 11.0. The molecule has 2 amide bonds. The van der Waals surface area contributed by atoms with Gasteiger partial charge < -0.3 is 24.8 Å². The van der Waals surface area contributed by atoms with Gasteiger partial charge in [-0.3, -0.25) is 14.4 Å². The van der Waals surface area contributed by atoms with Gasteiger partial charge in [0.25, 0.3) is 0 Å². The minimum atomic E-state index is -1.28. The minimum Gasteiger partial charge on any atom is -0.481 e. The number of alkyl carbamates (subject to hydrolysis) is 1. The van der Waals surface area contributed by atoms with Gasteiger partial charge >= 0.3 is 18.0 Å². The fourth-order valence-corrected chi connectivity index (χ4v) is 2.79. The normalized spacial score (nSPS) is 13.8. The third kappa shape index (κ3) is 7.81. The highest BCUT2D eigenvalue weighted by molar-refractivity contribution is 5.90. The molecule has 1 aliphatic rings. The second-order valence-corrected chi connectivity index (χ2v) is 6.67. The van der Waals surface area contributed by atoms with E-state index >= 15 is 0 Å². The Morgan fingerprint density at radius 3 is 2.45 bits per heavy atom. The van der Waals surface area contributed by atoms with Crippen LogP contribution in [0.2, 0.25) is 0 Å². The molecule has 0 aliphatic heterocycles. The van der Waals surface area contributed by atoms with E-state index in [2.05, 4.69) is 5.32 Å². The molecule has 1 saturated carbocycles. The van der Waals surface area contributed by atoms with Gasteiger partial charge in [0.1, 0.15) is 12.6 Å². The SMILES string of the molecule is CCOC(=O)CCN(C(=O)[C@H](CC(=O)O)NC(=O)OCc1ccccc1)C1CC1. The van der Waals surface area contributed by atoms with Gasteiger partial charge in [-0.2, -0.15) is 0 Å². The zero-order chi connectivity index (χ0) is 21.2. The Balaban J connectivity index is 1.96. The van der Waals surface area contributed by atoms with Crippen LogP contribution in [0.1, 0.15) is 38.2 Å². The molecule has 1 aromatic rings. The van der Waals surface area contributed by atoms with E-state index in [4.69, 9.17) is 14.6 Å². The van der Waals surface area contributed by atoms with Crippen molar-refractivity contribution >= 4 is 23.9 Å². The number of benzene rings is 1. The third-order valence-corrected chi connectivity index (χ3v) is 4.31. The summed E-state index contributed by atoms with van der Waals surface area (Å²) in [7, 11) is 0. The molecule has 9 heteroatoms. The average Bonchev–Trinajstić information content (AvgIpc) is 3.52. The lowest BCUT2D eigenvalue weighted by atomic mass is 10.1. The maximum atomic E-state index is 12.9. The Morgan fingerprint density at radius 2 is 1.86 bits per heavy atom. The molecule has 1 aliphatic carbocycles. The molecule has 9 nitrogen and oxygen atoms in total. The number of nitrogens with zero attached hydrogens (tertiary/aromatic N) is 1. The molecule has 2 rings (SSSR count). The summed E-state index contributed by atoms with van der Waals surface area (Å²) >= 11 is 0. The molecule has 0 bridgehead atoms. The van der Waals surface area contributed by atoms with Crippen LogP contribution < -0.4 is 5.32 Å². The molecule has 1 atom stereocenters. The molecule has 158 valence electrons. The molecule has 0 heterocycles. The second-order valence-electron chi connectivity index (χ2n) is 6.67. The number of nitrogens with one attached hydrogen (secondary N) is 1. The first-order valence-corrected chi connectivity index (χ1v) is 9.55. The van der Waals surface area contributed by atoms with Gasteiger partial charge in [0.05, 0.1) is 19.4 Å². The Kier molecular flexibility index (Phi) is 8.45. The first kappa shape index (κ1) is 22.2. The Bertz CT molecular complexity index is 719. The van der Waals surface area contributed by atoms with Crippen LogP contribution in [-0.2, 0) is 30.5 Å². The largest absolute Gasteiger partial charge is 0.481 e. The number of carbonyl (C=O) groups is 4. The number of rotatable bonds is 11. The van der Waals surface area contributed by atoms with E-state index in [1.165, 1.54) is 4.90 Å². The predicted octanol–water partition coefficient (Wildman–Crippen LogP) is 1.70. The number of hydrogen-bond acceptors (Lipinski definition) is 6. The average molecular weight is 406 g/mol. The Labute approximate surface area is 169 Å². The van der Waals surface area contributed by atoms with Gasteiger partial charge in [-0.1, -0.05) is 30.3 Å². The monoisotopic (exact) mass is 406 g/mol. The van der Waals surface area contributed by atoms with Crippen molar-refractivity contribution in [2.45, 2.75) is 51.3 Å². The van der Waals surface area contributed by atoms with Gasteiger partial charge in [0.2, 0.25) is 5.91 Å². The molecular weight excluding hydrogens is 380 g/mol. The highest BCUT2D eigenvalue weighted by Crippen LogP contribution is 2.28. The summed E-state index contributed by atoms with van der Waals surface area (Å²) in [6.07, 6.45) is 0.0881. The van der Waals surface area contributed by atoms with Gasteiger partial charge in [0, 0.05) is 12.6 Å². The molecule has 0 saturated heterocycles. The summed E-state index contributed by atoms with van der Waals surface area (Å²) in [6.45, 7) is 2.04. The summed E-state index contributed by atoms with van der Waals surface area (Å²) in [5, 5.41) is 11.5. The summed E-state index contributed by atoms with van der Waals surface area (Å²) in [5.41, 5.74) is 0.762. The first-order valence-electron chi connectivity index (χ1n) is 9.55. The predicted molar refractivity (Wildman–Crippen MR) is 102 cm³/mol. The molecule has 29 heavy (non-hydrogen) atoms. The lowest BCUT2D eigenvalue weighted by molar-refractivity contribution is -0.146. The molecule has 0 unspecified atom stereocenters. The Hall–Kier alpha value is -3.10. The van der Waals surface area contributed by atoms with E-state index in [1.54, 1.807) is 31.2 Å². The topological polar surface area (TPSA) is 122 Å². The number of hydrogen-bond donors (Lipinski definition) is 2. The van der Waals surface area contributed by atoms with E-state index in [-0.39, 0.29) is 32.2 Å². The molecule has 1 aromatic carbocycles. The minimum absolute atomic E-state index is 0.00411. The van der Waals surface area contributed by atoms with Crippen LogP contribution in [-0.4, -0.2) is 59.2 Å². The van der Waals surface area contributed by atoms with E-state index in [0.717, 1.165) is 18.4 Å². The summed E-state index contributed by atoms with van der Waals surface area (Å²) in [6, 6.07) is 7.63. The third-order valence-electron chi connectivity index (χ3n) is 4.31. The van der Waals surface area contributed by atoms with Crippen LogP contribution in [0, 0.1) is 0 Å². The van der Waals surface area contributed by atoms with Crippen molar-refractivity contribution in [1.82, 2.24) is 10.2 Å². The zero-order valence-electron chi connectivity index (χ0n) is 16.3. The quantitative estimate of drug-likeness (QED) is 0.536. The standard InChI is InChI=1S/C20H26N2O7/c1-2-28-18(25)10-11-22(15-8-9-15)19(26)16(12-17(23)24)21-20(27)29-13-14-6-4-3-5-7-14/h3-7,15-16H,2,8-13H2,1H3,(H,21,27)(H,23,24)/t16-/m0/s1. The summed E-state index contributed by atoms with van der Waals surface area (Å²) in [4.78, 5) is 49.2. The molecule has 0 radical (unpaired) electrons. The number of amides is 2. The number of carboxylic acids is 1. The molecule has 0 spiro atoms. The smallest absolute Gasteiger partial charge is 0.408 e. The molecule has 2 N–H and O–H groups in total. The summed E-state index contributed by atoms with van der Waals surface area (Å²) in [5.74, 6) is -2.21. The van der Waals surface area contributed by atoms with Gasteiger partial charge in [0.15, 0.2) is 0 Å². The lowest BCUT2D eigenvalue weighted by Crippen LogP contribution is -2.50. The molecule has 1 fully saturated rings. The fourth-order valence-electron chi connectivity index (χ4n) is 2.79. The first-order chi connectivity index (χ1) is 13.9. The van der Waals surface area contributed by atoms with E-state index in [0.29, 0.717) is 0 Å².